The molecule has 1 aromatic heterocycles. The van der Waals surface area contributed by atoms with Gasteiger partial charge in [0.2, 0.25) is 0 Å². The fourth-order valence-corrected chi connectivity index (χ4v) is 1.33. The molecule has 0 aliphatic rings. The minimum absolute atomic E-state index is 1.19. The van der Waals surface area contributed by atoms with E-state index in [9.17, 15) is 0 Å². The van der Waals surface area contributed by atoms with Crippen molar-refractivity contribution in [1.82, 2.24) is 4.98 Å². The molecule has 1 nitrogen and oxygen atoms in total. The molecule has 0 aliphatic heterocycles. The Kier molecular flexibility index (Phi) is 2.09. The molecule has 0 aliphatic carbocycles. The second kappa shape index (κ2) is 3.40. The maximum Gasteiger partial charge on any atom is 0.0349 e. The van der Waals surface area contributed by atoms with Gasteiger partial charge in [0.1, 0.15) is 0 Å². The normalized spacial score (nSPS) is 9.92. The summed E-state index contributed by atoms with van der Waals surface area (Å²) in [5, 5.41) is 0. The first-order valence-electron chi connectivity index (χ1n) is 4.25. The minimum Gasteiger partial charge on any atom is -0.264 e. The van der Waals surface area contributed by atoms with Crippen LogP contribution in [-0.4, -0.2) is 4.98 Å². The zero-order valence-corrected chi connectivity index (χ0v) is 7.49. The van der Waals surface area contributed by atoms with Gasteiger partial charge in [-0.15, -0.1) is 0 Å². The van der Waals surface area contributed by atoms with Crippen LogP contribution in [0, 0.1) is 13.0 Å². The van der Waals surface area contributed by atoms with E-state index in [1.165, 1.54) is 16.7 Å². The number of aromatic nitrogens is 1. The monoisotopic (exact) mass is 168 g/mol. The molecular formula is C12H10N. The highest BCUT2D eigenvalue weighted by atomic mass is 14.6. The third-order valence-electron chi connectivity index (χ3n) is 2.07. The van der Waals surface area contributed by atoms with E-state index in [0.717, 1.165) is 0 Å². The van der Waals surface area contributed by atoms with Crippen LogP contribution >= 0.6 is 0 Å². The Morgan fingerprint density at radius 2 is 1.92 bits per heavy atom. The molecule has 0 atom stereocenters. The standard InChI is InChI=1S/C12H10N/c1-10-7-8-13-9-12(10)11-5-3-2-4-6-11/h3-9H,1H3. The number of hydrogen-bond acceptors (Lipinski definition) is 1. The molecule has 0 saturated heterocycles. The van der Waals surface area contributed by atoms with Crippen LogP contribution in [0.2, 0.25) is 0 Å². The Hall–Kier alpha value is -1.63. The van der Waals surface area contributed by atoms with Crippen LogP contribution in [0.3, 0.4) is 0 Å². The molecule has 1 aromatic carbocycles. The van der Waals surface area contributed by atoms with E-state index in [-0.39, 0.29) is 0 Å². The zero-order valence-electron chi connectivity index (χ0n) is 7.49. The van der Waals surface area contributed by atoms with Crippen molar-refractivity contribution in [2.45, 2.75) is 6.92 Å². The molecule has 1 radical (unpaired) electrons. The van der Waals surface area contributed by atoms with E-state index in [1.807, 2.05) is 42.7 Å². The molecule has 13 heavy (non-hydrogen) atoms. The highest BCUT2D eigenvalue weighted by Gasteiger charge is 1.98. The molecule has 0 saturated carbocycles. The molecule has 0 unspecified atom stereocenters. The van der Waals surface area contributed by atoms with Crippen molar-refractivity contribution < 1.29 is 0 Å². The van der Waals surface area contributed by atoms with E-state index < -0.39 is 0 Å². The van der Waals surface area contributed by atoms with Gasteiger partial charge in [-0.25, -0.2) is 0 Å². The van der Waals surface area contributed by atoms with Gasteiger partial charge in [-0.2, -0.15) is 0 Å². The topological polar surface area (TPSA) is 12.9 Å². The number of benzene rings is 1. The average Bonchev–Trinajstić information content (AvgIpc) is 2.20. The van der Waals surface area contributed by atoms with Crippen molar-refractivity contribution in [3.63, 3.8) is 0 Å². The lowest BCUT2D eigenvalue weighted by molar-refractivity contribution is 1.29. The predicted octanol–water partition coefficient (Wildman–Crippen LogP) is 2.86. The van der Waals surface area contributed by atoms with Gasteiger partial charge in [0.15, 0.2) is 0 Å². The molecule has 2 rings (SSSR count). The van der Waals surface area contributed by atoms with Crippen molar-refractivity contribution in [3.8, 4) is 11.1 Å². The van der Waals surface area contributed by atoms with Crippen LogP contribution in [-0.2, 0) is 0 Å². The highest BCUT2D eigenvalue weighted by molar-refractivity contribution is 5.65. The average molecular weight is 168 g/mol. The molecule has 0 N–H and O–H groups in total. The summed E-state index contributed by atoms with van der Waals surface area (Å²) in [6.45, 7) is 2.09. The summed E-state index contributed by atoms with van der Waals surface area (Å²) in [6.07, 6.45) is 3.71. The summed E-state index contributed by atoms with van der Waals surface area (Å²) in [5.41, 5.74) is 3.64. The first-order valence-corrected chi connectivity index (χ1v) is 4.25. The maximum absolute atomic E-state index is 4.11. The molecule has 1 heteroatoms. The van der Waals surface area contributed by atoms with E-state index in [0.29, 0.717) is 0 Å². The maximum atomic E-state index is 4.11. The lowest BCUT2D eigenvalue weighted by Gasteiger charge is -2.03. The van der Waals surface area contributed by atoms with Crippen molar-refractivity contribution in [1.29, 1.82) is 0 Å². The molecule has 0 amide bonds. The van der Waals surface area contributed by atoms with Crippen molar-refractivity contribution >= 4 is 0 Å². The van der Waals surface area contributed by atoms with Crippen molar-refractivity contribution in [2.75, 3.05) is 0 Å². The number of rotatable bonds is 1. The molecule has 2 aromatic rings. The van der Waals surface area contributed by atoms with Gasteiger partial charge in [-0.1, -0.05) is 24.3 Å². The Balaban J connectivity index is 2.54. The first kappa shape index (κ1) is 7.99. The van der Waals surface area contributed by atoms with Gasteiger partial charge in [0, 0.05) is 18.0 Å². The summed E-state index contributed by atoms with van der Waals surface area (Å²) in [6, 6.07) is 12.9. The second-order valence-electron chi connectivity index (χ2n) is 2.98. The van der Waals surface area contributed by atoms with E-state index in [2.05, 4.69) is 18.0 Å². The van der Waals surface area contributed by atoms with Crippen LogP contribution in [0.25, 0.3) is 11.1 Å². The molecule has 1 heterocycles. The second-order valence-corrected chi connectivity index (χ2v) is 2.98. The van der Waals surface area contributed by atoms with Crippen LogP contribution in [0.5, 0.6) is 0 Å². The van der Waals surface area contributed by atoms with Crippen molar-refractivity contribution in [2.24, 2.45) is 0 Å². The number of hydrogen-bond donors (Lipinski definition) is 0. The SMILES string of the molecule is Cc1ccncc1-c1cc[c]cc1. The van der Waals surface area contributed by atoms with Gasteiger partial charge in [0.25, 0.3) is 0 Å². The quantitative estimate of drug-likeness (QED) is 0.638. The molecule has 63 valence electrons. The number of aryl methyl sites for hydroxylation is 1. The first-order chi connectivity index (χ1) is 6.38. The van der Waals surface area contributed by atoms with Gasteiger partial charge < -0.3 is 0 Å². The molecular weight excluding hydrogens is 158 g/mol. The summed E-state index contributed by atoms with van der Waals surface area (Å²) in [5.74, 6) is 0. The lowest BCUT2D eigenvalue weighted by Crippen LogP contribution is -1.83. The van der Waals surface area contributed by atoms with Gasteiger partial charge >= 0.3 is 0 Å². The van der Waals surface area contributed by atoms with Crippen LogP contribution in [0.4, 0.5) is 0 Å². The van der Waals surface area contributed by atoms with E-state index in [4.69, 9.17) is 0 Å². The third-order valence-corrected chi connectivity index (χ3v) is 2.07. The Bertz CT molecular complexity index is 393. The van der Waals surface area contributed by atoms with Gasteiger partial charge in [-0.05, 0) is 30.2 Å². The fourth-order valence-electron chi connectivity index (χ4n) is 1.33. The molecule has 0 spiro atoms. The Labute approximate surface area is 78.1 Å². The molecule has 0 fully saturated rings. The largest absolute Gasteiger partial charge is 0.264 e. The Morgan fingerprint density at radius 3 is 2.62 bits per heavy atom. The predicted molar refractivity (Wildman–Crippen MR) is 53.2 cm³/mol. The highest BCUT2D eigenvalue weighted by Crippen LogP contribution is 2.20. The van der Waals surface area contributed by atoms with E-state index >= 15 is 0 Å². The Morgan fingerprint density at radius 1 is 1.15 bits per heavy atom. The fraction of sp³-hybridized carbons (Fsp3) is 0.0833. The minimum atomic E-state index is 1.19. The number of nitrogens with zero attached hydrogens (tertiary/aromatic N) is 1. The van der Waals surface area contributed by atoms with Crippen molar-refractivity contribution in [3.05, 3.63) is 54.4 Å². The lowest BCUT2D eigenvalue weighted by atomic mass is 10.0. The summed E-state index contributed by atoms with van der Waals surface area (Å²) < 4.78 is 0. The van der Waals surface area contributed by atoms with Gasteiger partial charge in [-0.3, -0.25) is 4.98 Å². The molecule has 0 bridgehead atoms. The van der Waals surface area contributed by atoms with Crippen LogP contribution < -0.4 is 0 Å². The van der Waals surface area contributed by atoms with Crippen LogP contribution in [0.15, 0.2) is 42.7 Å². The van der Waals surface area contributed by atoms with E-state index in [1.54, 1.807) is 0 Å². The zero-order chi connectivity index (χ0) is 9.10. The summed E-state index contributed by atoms with van der Waals surface area (Å²) in [7, 11) is 0. The summed E-state index contributed by atoms with van der Waals surface area (Å²) in [4.78, 5) is 4.11. The summed E-state index contributed by atoms with van der Waals surface area (Å²) >= 11 is 0. The third kappa shape index (κ3) is 1.59. The van der Waals surface area contributed by atoms with Crippen LogP contribution in [0.1, 0.15) is 5.56 Å². The smallest absolute Gasteiger partial charge is 0.0349 e. The van der Waals surface area contributed by atoms with Gasteiger partial charge in [0.05, 0.1) is 0 Å². The number of pyridine rings is 1.